The summed E-state index contributed by atoms with van der Waals surface area (Å²) in [5, 5.41) is 8.16. The minimum Gasteiger partial charge on any atom is -0.348 e. The Labute approximate surface area is 195 Å². The zero-order chi connectivity index (χ0) is 23.8. The highest BCUT2D eigenvalue weighted by Crippen LogP contribution is 2.25. The second-order valence-electron chi connectivity index (χ2n) is 8.95. The first-order valence-corrected chi connectivity index (χ1v) is 12.8. The van der Waals surface area contributed by atoms with Crippen LogP contribution >= 0.6 is 0 Å². The van der Waals surface area contributed by atoms with E-state index >= 15 is 0 Å². The first-order chi connectivity index (χ1) is 15.7. The molecule has 1 fully saturated rings. The summed E-state index contributed by atoms with van der Waals surface area (Å²) >= 11 is 0. The molecule has 2 aromatic heterocycles. The molecule has 1 amide bonds. The summed E-state index contributed by atoms with van der Waals surface area (Å²) in [6.07, 6.45) is 2.88. The van der Waals surface area contributed by atoms with Crippen molar-refractivity contribution in [1.29, 1.82) is 0 Å². The summed E-state index contributed by atoms with van der Waals surface area (Å²) in [6.45, 7) is 7.40. The van der Waals surface area contributed by atoms with E-state index in [0.717, 1.165) is 41.6 Å². The van der Waals surface area contributed by atoms with E-state index in [-0.39, 0.29) is 11.8 Å². The summed E-state index contributed by atoms with van der Waals surface area (Å²) in [5.74, 6) is -0.0315. The molecular formula is C24H31N5O3S. The third-order valence-electron chi connectivity index (χ3n) is 6.15. The molecular weight excluding hydrogens is 438 g/mol. The predicted molar refractivity (Wildman–Crippen MR) is 128 cm³/mol. The average Bonchev–Trinajstić information content (AvgIpc) is 3.11. The zero-order valence-corrected chi connectivity index (χ0v) is 20.4. The number of sulfonamides is 1. The number of benzene rings is 1. The molecule has 1 aliphatic rings. The van der Waals surface area contributed by atoms with Crippen LogP contribution in [0, 0.1) is 6.92 Å². The van der Waals surface area contributed by atoms with E-state index in [4.69, 9.17) is 0 Å². The quantitative estimate of drug-likeness (QED) is 0.596. The Balaban J connectivity index is 1.52. The highest BCUT2D eigenvalue weighted by Gasteiger charge is 2.25. The van der Waals surface area contributed by atoms with Crippen molar-refractivity contribution in [2.75, 3.05) is 13.1 Å². The van der Waals surface area contributed by atoms with Crippen molar-refractivity contribution in [3.8, 4) is 0 Å². The van der Waals surface area contributed by atoms with Gasteiger partial charge in [0.1, 0.15) is 0 Å². The molecule has 1 saturated heterocycles. The average molecular weight is 470 g/mol. The van der Waals surface area contributed by atoms with Crippen LogP contribution in [0.2, 0.25) is 0 Å². The van der Waals surface area contributed by atoms with Crippen LogP contribution in [0.1, 0.15) is 66.3 Å². The third kappa shape index (κ3) is 4.65. The summed E-state index contributed by atoms with van der Waals surface area (Å²) in [4.78, 5) is 18.1. The summed E-state index contributed by atoms with van der Waals surface area (Å²) < 4.78 is 28.9. The Kier molecular flexibility index (Phi) is 6.54. The van der Waals surface area contributed by atoms with E-state index < -0.39 is 10.0 Å². The van der Waals surface area contributed by atoms with Crippen molar-refractivity contribution in [2.45, 2.75) is 57.4 Å². The zero-order valence-electron chi connectivity index (χ0n) is 19.6. The largest absolute Gasteiger partial charge is 0.348 e. The Morgan fingerprint density at radius 1 is 1.12 bits per heavy atom. The van der Waals surface area contributed by atoms with Crippen molar-refractivity contribution in [3.63, 3.8) is 0 Å². The van der Waals surface area contributed by atoms with Crippen LogP contribution in [0.5, 0.6) is 0 Å². The molecule has 9 heteroatoms. The van der Waals surface area contributed by atoms with Crippen molar-refractivity contribution in [1.82, 2.24) is 24.4 Å². The summed E-state index contributed by atoms with van der Waals surface area (Å²) in [6, 6.07) is 8.60. The smallest absolute Gasteiger partial charge is 0.252 e. The Bertz CT molecular complexity index is 1270. The standard InChI is InChI=1S/C24H31N5O3S/c1-16(2)21-14-20(22-17(3)27-28(4)23(22)26-21)24(30)25-15-18-8-10-19(11-9-18)33(31,32)29-12-6-5-7-13-29/h8-11,14,16H,5-7,12-13,15H2,1-4H3,(H,25,30). The van der Waals surface area contributed by atoms with Crippen molar-refractivity contribution < 1.29 is 13.2 Å². The fourth-order valence-electron chi connectivity index (χ4n) is 4.25. The summed E-state index contributed by atoms with van der Waals surface area (Å²) in [7, 11) is -1.64. The van der Waals surface area contributed by atoms with Gasteiger partial charge in [0.15, 0.2) is 5.65 Å². The third-order valence-corrected chi connectivity index (χ3v) is 8.07. The monoisotopic (exact) mass is 469 g/mol. The first-order valence-electron chi connectivity index (χ1n) is 11.4. The van der Waals surface area contributed by atoms with Gasteiger partial charge in [0.25, 0.3) is 5.91 Å². The number of rotatable bonds is 6. The van der Waals surface area contributed by atoms with Gasteiger partial charge in [-0.1, -0.05) is 32.4 Å². The lowest BCUT2D eigenvalue weighted by Gasteiger charge is -2.25. The molecule has 3 heterocycles. The molecule has 0 atom stereocenters. The second-order valence-corrected chi connectivity index (χ2v) is 10.9. The Morgan fingerprint density at radius 2 is 1.79 bits per heavy atom. The van der Waals surface area contributed by atoms with Crippen LogP contribution in [0.25, 0.3) is 11.0 Å². The summed E-state index contributed by atoms with van der Waals surface area (Å²) in [5.41, 5.74) is 3.67. The molecule has 4 rings (SSSR count). The number of carbonyl (C=O) groups excluding carboxylic acids is 1. The van der Waals surface area contributed by atoms with Crippen molar-refractivity contribution in [2.24, 2.45) is 7.05 Å². The molecule has 0 bridgehead atoms. The maximum absolute atomic E-state index is 13.1. The van der Waals surface area contributed by atoms with E-state index in [1.807, 2.05) is 33.9 Å². The van der Waals surface area contributed by atoms with Gasteiger partial charge >= 0.3 is 0 Å². The molecule has 0 aliphatic carbocycles. The lowest BCUT2D eigenvalue weighted by atomic mass is 10.0. The van der Waals surface area contributed by atoms with Gasteiger partial charge in [0.2, 0.25) is 10.0 Å². The molecule has 0 spiro atoms. The maximum Gasteiger partial charge on any atom is 0.252 e. The molecule has 0 saturated carbocycles. The Morgan fingerprint density at radius 3 is 2.42 bits per heavy atom. The lowest BCUT2D eigenvalue weighted by molar-refractivity contribution is 0.0952. The van der Waals surface area contributed by atoms with Gasteiger partial charge in [0, 0.05) is 32.4 Å². The van der Waals surface area contributed by atoms with Crippen molar-refractivity contribution >= 4 is 27.0 Å². The van der Waals surface area contributed by atoms with Crippen LogP contribution in [0.15, 0.2) is 35.2 Å². The van der Waals surface area contributed by atoms with Gasteiger partial charge < -0.3 is 5.32 Å². The van der Waals surface area contributed by atoms with E-state index in [9.17, 15) is 13.2 Å². The first kappa shape index (κ1) is 23.4. The van der Waals surface area contributed by atoms with Gasteiger partial charge in [-0.25, -0.2) is 13.4 Å². The van der Waals surface area contributed by atoms with Crippen LogP contribution in [-0.2, 0) is 23.6 Å². The SMILES string of the molecule is Cc1nn(C)c2nc(C(C)C)cc(C(=O)NCc3ccc(S(=O)(=O)N4CCCCC4)cc3)c12. The predicted octanol–water partition coefficient (Wildman–Crippen LogP) is 3.50. The molecule has 1 N–H and O–H groups in total. The number of carbonyl (C=O) groups is 1. The van der Waals surface area contributed by atoms with Crippen LogP contribution in [-0.4, -0.2) is 46.5 Å². The highest BCUT2D eigenvalue weighted by atomic mass is 32.2. The fourth-order valence-corrected chi connectivity index (χ4v) is 5.77. The van der Waals surface area contributed by atoms with E-state index in [0.29, 0.717) is 35.7 Å². The van der Waals surface area contributed by atoms with E-state index in [1.165, 1.54) is 0 Å². The van der Waals surface area contributed by atoms with Gasteiger partial charge in [-0.15, -0.1) is 0 Å². The number of nitrogens with zero attached hydrogens (tertiary/aromatic N) is 4. The van der Waals surface area contributed by atoms with Gasteiger partial charge in [-0.2, -0.15) is 9.40 Å². The highest BCUT2D eigenvalue weighted by molar-refractivity contribution is 7.89. The van der Waals surface area contributed by atoms with Crippen LogP contribution < -0.4 is 5.32 Å². The maximum atomic E-state index is 13.1. The number of hydrogen-bond acceptors (Lipinski definition) is 5. The minimum atomic E-state index is -3.46. The number of aryl methyl sites for hydroxylation is 2. The number of fused-ring (bicyclic) bond motifs is 1. The number of amides is 1. The molecule has 8 nitrogen and oxygen atoms in total. The van der Waals surface area contributed by atoms with E-state index in [1.54, 1.807) is 33.3 Å². The van der Waals surface area contributed by atoms with Crippen molar-refractivity contribution in [3.05, 3.63) is 52.8 Å². The molecule has 3 aromatic rings. The number of pyridine rings is 1. The Hall–Kier alpha value is -2.78. The molecule has 33 heavy (non-hydrogen) atoms. The molecule has 0 unspecified atom stereocenters. The fraction of sp³-hybridized carbons (Fsp3) is 0.458. The molecule has 0 radical (unpaired) electrons. The van der Waals surface area contributed by atoms with Gasteiger partial charge in [-0.3, -0.25) is 9.48 Å². The normalized spacial score (nSPS) is 15.3. The molecule has 1 aromatic carbocycles. The topological polar surface area (TPSA) is 97.2 Å². The van der Waals surface area contributed by atoms with Crippen LogP contribution in [0.4, 0.5) is 0 Å². The molecule has 1 aliphatic heterocycles. The number of nitrogens with one attached hydrogen (secondary N) is 1. The van der Waals surface area contributed by atoms with E-state index in [2.05, 4.69) is 15.4 Å². The number of hydrogen-bond donors (Lipinski definition) is 1. The lowest BCUT2D eigenvalue weighted by Crippen LogP contribution is -2.35. The number of piperidine rings is 1. The number of aromatic nitrogens is 3. The van der Waals surface area contributed by atoms with Gasteiger partial charge in [-0.05, 0) is 49.4 Å². The second kappa shape index (κ2) is 9.23. The van der Waals surface area contributed by atoms with Crippen LogP contribution in [0.3, 0.4) is 0 Å². The molecule has 176 valence electrons. The minimum absolute atomic E-state index is 0.172. The van der Waals surface area contributed by atoms with Gasteiger partial charge in [0.05, 0.1) is 21.5 Å².